The van der Waals surface area contributed by atoms with Gasteiger partial charge in [-0.2, -0.15) is 5.10 Å². The number of fused-ring (bicyclic) bond motifs is 1. The highest BCUT2D eigenvalue weighted by Crippen LogP contribution is 2.31. The lowest BCUT2D eigenvalue weighted by Gasteiger charge is -2.14. The van der Waals surface area contributed by atoms with E-state index >= 15 is 4.39 Å². The normalized spacial score (nSPS) is 11.2. The number of methoxy groups -OCH3 is 2. The lowest BCUT2D eigenvalue weighted by atomic mass is 10.1. The summed E-state index contributed by atoms with van der Waals surface area (Å²) in [6, 6.07) is 14.4. The first-order valence-electron chi connectivity index (χ1n) is 10.8. The average molecular weight is 475 g/mol. The number of nitrogens with one attached hydrogen (secondary N) is 1. The molecule has 0 spiro atoms. The fraction of sp³-hybridized carbons (Fsp3) is 0.160. The van der Waals surface area contributed by atoms with E-state index in [1.54, 1.807) is 54.3 Å². The van der Waals surface area contributed by atoms with Crippen molar-refractivity contribution in [2.75, 3.05) is 14.2 Å². The lowest BCUT2D eigenvalue weighted by molar-refractivity contribution is 0.411. The zero-order valence-corrected chi connectivity index (χ0v) is 19.3. The quantitative estimate of drug-likeness (QED) is 0.407. The van der Waals surface area contributed by atoms with Gasteiger partial charge in [-0.25, -0.2) is 9.07 Å². The minimum absolute atomic E-state index is 0.0513. The largest absolute Gasteiger partial charge is 0.497 e. The summed E-state index contributed by atoms with van der Waals surface area (Å²) in [4.78, 5) is 27.0. The monoisotopic (exact) mass is 475 g/mol. The number of hydrogen-bond donors (Lipinski definition) is 1. The predicted octanol–water partition coefficient (Wildman–Crippen LogP) is 3.09. The van der Waals surface area contributed by atoms with Crippen molar-refractivity contribution in [3.05, 3.63) is 93.0 Å². The molecular formula is C25H22FN5O4. The Morgan fingerprint density at radius 3 is 2.51 bits per heavy atom. The van der Waals surface area contributed by atoms with Gasteiger partial charge in [0.15, 0.2) is 0 Å². The Balaban J connectivity index is 1.85. The van der Waals surface area contributed by atoms with E-state index in [9.17, 15) is 9.59 Å². The van der Waals surface area contributed by atoms with Gasteiger partial charge in [-0.3, -0.25) is 19.4 Å². The Labute approximate surface area is 198 Å². The van der Waals surface area contributed by atoms with Crippen LogP contribution in [-0.2, 0) is 13.6 Å². The third kappa shape index (κ3) is 3.78. The van der Waals surface area contributed by atoms with Crippen LogP contribution < -0.4 is 20.6 Å². The number of H-pyrrole nitrogens is 1. The highest BCUT2D eigenvalue weighted by atomic mass is 19.1. The molecule has 0 amide bonds. The maximum Gasteiger partial charge on any atom is 0.281 e. The number of nitrogens with zero attached hydrogens (tertiary/aromatic N) is 4. The molecule has 0 aliphatic rings. The van der Waals surface area contributed by atoms with Crippen LogP contribution in [0.1, 0.15) is 5.69 Å². The van der Waals surface area contributed by atoms with Crippen LogP contribution in [0.4, 0.5) is 4.39 Å². The molecule has 2 aromatic carbocycles. The van der Waals surface area contributed by atoms with Crippen molar-refractivity contribution in [1.29, 1.82) is 0 Å². The summed E-state index contributed by atoms with van der Waals surface area (Å²) in [6.07, 6.45) is 1.75. The molecule has 3 aromatic heterocycles. The maximum atomic E-state index is 15.3. The molecule has 178 valence electrons. The highest BCUT2D eigenvalue weighted by Gasteiger charge is 2.23. The first kappa shape index (κ1) is 22.2. The third-order valence-corrected chi connectivity index (χ3v) is 5.81. The minimum atomic E-state index is -0.629. The van der Waals surface area contributed by atoms with Crippen molar-refractivity contribution < 1.29 is 13.9 Å². The first-order chi connectivity index (χ1) is 16.9. The van der Waals surface area contributed by atoms with Crippen molar-refractivity contribution in [2.45, 2.75) is 6.54 Å². The topological polar surface area (TPSA) is 96.1 Å². The zero-order valence-electron chi connectivity index (χ0n) is 19.3. The molecule has 35 heavy (non-hydrogen) atoms. The Hall–Kier alpha value is -4.60. The number of ether oxygens (including phenoxy) is 2. The Morgan fingerprint density at radius 1 is 1.03 bits per heavy atom. The number of para-hydroxylation sites is 2. The van der Waals surface area contributed by atoms with Gasteiger partial charge >= 0.3 is 0 Å². The van der Waals surface area contributed by atoms with Crippen LogP contribution in [0.15, 0.2) is 70.4 Å². The van der Waals surface area contributed by atoms with E-state index in [0.29, 0.717) is 22.9 Å². The number of hydrogen-bond acceptors (Lipinski definition) is 5. The molecule has 5 rings (SSSR count). The second-order valence-electron chi connectivity index (χ2n) is 7.96. The number of aromatic nitrogens is 5. The van der Waals surface area contributed by atoms with Gasteiger partial charge in [-0.05, 0) is 30.3 Å². The summed E-state index contributed by atoms with van der Waals surface area (Å²) in [5, 5.41) is 7.49. The van der Waals surface area contributed by atoms with Crippen molar-refractivity contribution in [3.63, 3.8) is 0 Å². The summed E-state index contributed by atoms with van der Waals surface area (Å²) in [5.74, 6) is 0.148. The minimum Gasteiger partial charge on any atom is -0.497 e. The van der Waals surface area contributed by atoms with Crippen LogP contribution in [0.25, 0.3) is 27.8 Å². The second kappa shape index (κ2) is 8.64. The fourth-order valence-electron chi connectivity index (χ4n) is 4.18. The average Bonchev–Trinajstić information content (AvgIpc) is 3.42. The van der Waals surface area contributed by atoms with Crippen molar-refractivity contribution >= 4 is 10.9 Å². The second-order valence-corrected chi connectivity index (χ2v) is 7.96. The van der Waals surface area contributed by atoms with Gasteiger partial charge in [0.25, 0.3) is 11.1 Å². The lowest BCUT2D eigenvalue weighted by Crippen LogP contribution is -2.24. The van der Waals surface area contributed by atoms with Crippen molar-refractivity contribution in [1.82, 2.24) is 24.1 Å². The Bertz CT molecular complexity index is 1680. The molecule has 0 unspecified atom stereocenters. The van der Waals surface area contributed by atoms with Gasteiger partial charge in [0, 0.05) is 30.9 Å². The van der Waals surface area contributed by atoms with Crippen LogP contribution >= 0.6 is 0 Å². The molecule has 0 aliphatic carbocycles. The Kier molecular flexibility index (Phi) is 5.48. The van der Waals surface area contributed by atoms with Gasteiger partial charge in [0.1, 0.15) is 23.0 Å². The van der Waals surface area contributed by atoms with Crippen molar-refractivity contribution in [2.24, 2.45) is 7.05 Å². The third-order valence-electron chi connectivity index (χ3n) is 5.81. The van der Waals surface area contributed by atoms with E-state index < -0.39 is 16.9 Å². The maximum absolute atomic E-state index is 15.3. The molecule has 10 heteroatoms. The van der Waals surface area contributed by atoms with Gasteiger partial charge in [0.2, 0.25) is 0 Å². The number of aromatic amines is 1. The van der Waals surface area contributed by atoms with Crippen LogP contribution in [0.3, 0.4) is 0 Å². The molecule has 3 heterocycles. The summed E-state index contributed by atoms with van der Waals surface area (Å²) in [6.45, 7) is 0.0513. The molecule has 0 saturated carbocycles. The van der Waals surface area contributed by atoms with Gasteiger partial charge < -0.3 is 14.0 Å². The number of rotatable bonds is 6. The number of halogens is 1. The molecule has 0 fully saturated rings. The van der Waals surface area contributed by atoms with E-state index in [2.05, 4.69) is 10.2 Å². The number of pyridine rings is 1. The van der Waals surface area contributed by atoms with Gasteiger partial charge in [-0.15, -0.1) is 0 Å². The summed E-state index contributed by atoms with van der Waals surface area (Å²) >= 11 is 0. The first-order valence-corrected chi connectivity index (χ1v) is 10.8. The molecule has 0 bridgehead atoms. The smallest absolute Gasteiger partial charge is 0.281 e. The summed E-state index contributed by atoms with van der Waals surface area (Å²) in [7, 11) is 4.70. The number of aryl methyl sites for hydroxylation is 1. The predicted molar refractivity (Wildman–Crippen MR) is 129 cm³/mol. The van der Waals surface area contributed by atoms with E-state index in [1.807, 2.05) is 0 Å². The van der Waals surface area contributed by atoms with Crippen LogP contribution in [0.2, 0.25) is 0 Å². The van der Waals surface area contributed by atoms with E-state index in [-0.39, 0.29) is 28.7 Å². The van der Waals surface area contributed by atoms with Gasteiger partial charge in [0.05, 0.1) is 43.1 Å². The van der Waals surface area contributed by atoms with Gasteiger partial charge in [-0.1, -0.05) is 12.1 Å². The van der Waals surface area contributed by atoms with E-state index in [4.69, 9.17) is 9.47 Å². The molecule has 5 aromatic rings. The SMILES string of the molecule is COc1ccc(-c2c3c(=O)n(-c4ccccc4OC)[nH]c3cc(=O)n2Cc2ccn(C)n2)c(F)c1. The Morgan fingerprint density at radius 2 is 1.83 bits per heavy atom. The molecule has 0 aliphatic heterocycles. The summed E-state index contributed by atoms with van der Waals surface area (Å²) < 4.78 is 30.1. The fourth-order valence-corrected chi connectivity index (χ4v) is 4.18. The van der Waals surface area contributed by atoms with Crippen LogP contribution in [0.5, 0.6) is 11.5 Å². The summed E-state index contributed by atoms with van der Waals surface area (Å²) in [5.41, 5.74) is 0.686. The standard InChI is InChI=1S/C25H22FN5O4/c1-29-11-10-15(27-29)14-30-22(32)13-19-23(24(30)17-9-8-16(34-2)12-18(17)26)25(33)31(28-19)20-6-4-5-7-21(20)35-3/h4-13,28H,14H2,1-3H3. The molecular weight excluding hydrogens is 453 g/mol. The van der Waals surface area contributed by atoms with Crippen LogP contribution in [0, 0.1) is 5.82 Å². The highest BCUT2D eigenvalue weighted by molar-refractivity contribution is 5.93. The molecule has 9 nitrogen and oxygen atoms in total. The number of benzene rings is 2. The van der Waals surface area contributed by atoms with Crippen LogP contribution in [-0.4, -0.2) is 38.3 Å². The molecule has 0 saturated heterocycles. The zero-order chi connectivity index (χ0) is 24.7. The van der Waals surface area contributed by atoms with Crippen molar-refractivity contribution in [3.8, 4) is 28.4 Å². The van der Waals surface area contributed by atoms with E-state index in [1.165, 1.54) is 41.7 Å². The molecule has 1 N–H and O–H groups in total. The molecule has 0 radical (unpaired) electrons. The molecule has 0 atom stereocenters. The van der Waals surface area contributed by atoms with E-state index in [0.717, 1.165) is 0 Å².